The normalized spacial score (nSPS) is 12.5. The first-order valence-corrected chi connectivity index (χ1v) is 8.83. The van der Waals surface area contributed by atoms with E-state index in [-0.39, 0.29) is 0 Å². The first-order valence-electron chi connectivity index (χ1n) is 4.68. The summed E-state index contributed by atoms with van der Waals surface area (Å²) in [6.45, 7) is 0. The number of hydrogen-bond acceptors (Lipinski definition) is 3. The summed E-state index contributed by atoms with van der Waals surface area (Å²) in [5, 5.41) is 0.430. The Hall–Kier alpha value is -0.300. The van der Waals surface area contributed by atoms with Crippen molar-refractivity contribution in [2.45, 2.75) is 5.40 Å². The van der Waals surface area contributed by atoms with Gasteiger partial charge in [-0.3, -0.25) is 9.13 Å². The molecule has 1 aromatic carbocycles. The number of rotatable bonds is 4. The summed E-state index contributed by atoms with van der Waals surface area (Å²) < 4.78 is 22.2. The second-order valence-corrected chi connectivity index (χ2v) is 8.22. The van der Waals surface area contributed by atoms with Gasteiger partial charge in [0.2, 0.25) is 5.40 Å². The average Bonchev–Trinajstić information content (AvgIpc) is 2.16. The molecule has 0 aliphatic heterocycles. The van der Waals surface area contributed by atoms with Crippen molar-refractivity contribution in [2.75, 3.05) is 5.32 Å². The van der Waals surface area contributed by atoms with Crippen molar-refractivity contribution in [3.63, 3.8) is 0 Å². The predicted octanol–water partition coefficient (Wildman–Crippen LogP) is 1.76. The second kappa shape index (κ2) is 5.99. The van der Waals surface area contributed by atoms with Gasteiger partial charge in [-0.25, -0.2) is 0 Å². The summed E-state index contributed by atoms with van der Waals surface area (Å²) in [5.74, 6) is 0. The van der Waals surface area contributed by atoms with Crippen molar-refractivity contribution in [3.05, 3.63) is 29.3 Å². The molecule has 1 rings (SSSR count). The van der Waals surface area contributed by atoms with Crippen molar-refractivity contribution in [2.24, 2.45) is 0 Å². The summed E-state index contributed by atoms with van der Waals surface area (Å²) in [7, 11) is -10.2. The molecule has 0 atom stereocenters. The zero-order chi connectivity index (χ0) is 14.8. The van der Waals surface area contributed by atoms with Crippen LogP contribution in [0.25, 0.3) is 0 Å². The highest BCUT2D eigenvalue weighted by molar-refractivity contribution is 7.85. The van der Waals surface area contributed by atoms with Gasteiger partial charge in [0.25, 0.3) is 0 Å². The minimum absolute atomic E-state index is 0.307. The van der Waals surface area contributed by atoms with Gasteiger partial charge in [-0.05, 0) is 24.3 Å². The van der Waals surface area contributed by atoms with Crippen LogP contribution in [0.2, 0.25) is 5.02 Å². The molecule has 0 bridgehead atoms. The van der Waals surface area contributed by atoms with E-state index < -0.39 is 25.6 Å². The van der Waals surface area contributed by atoms with Gasteiger partial charge < -0.3 is 24.9 Å². The number of hydrogen-bond donors (Lipinski definition) is 5. The summed E-state index contributed by atoms with van der Waals surface area (Å²) in [5.41, 5.74) is 0.307. The van der Waals surface area contributed by atoms with Crippen LogP contribution in [0.3, 0.4) is 0 Å². The Kier molecular flexibility index (Phi) is 5.28. The first-order chi connectivity index (χ1) is 8.51. The van der Waals surface area contributed by atoms with Crippen molar-refractivity contribution in [3.8, 4) is 0 Å². The fraction of sp³-hybridized carbons (Fsp3) is 0.125. The molecule has 5 N–H and O–H groups in total. The van der Waals surface area contributed by atoms with Crippen molar-refractivity contribution < 1.29 is 28.7 Å². The third-order valence-corrected chi connectivity index (χ3v) is 6.52. The molecular formula is C8H10ClNO6P2S. The molecule has 0 amide bonds. The Balaban J connectivity index is 3.00. The molecule has 0 spiro atoms. The Morgan fingerprint density at radius 1 is 1.11 bits per heavy atom. The molecule has 0 saturated carbocycles. The molecule has 11 heteroatoms. The molecule has 0 aliphatic rings. The standard InChI is InChI=1S/C8H10ClNO6P2S/c9-5-1-3-6(4-2-5)10-7(19)8(17(11,12)13)18(14,15)16/h1-4,8H,(H,10,19)(H2,11,12,13)(H2,14,15,16). The van der Waals surface area contributed by atoms with E-state index in [4.69, 9.17) is 31.2 Å². The highest BCUT2D eigenvalue weighted by atomic mass is 35.5. The number of nitrogens with one attached hydrogen (secondary N) is 1. The third kappa shape index (κ3) is 4.95. The quantitative estimate of drug-likeness (QED) is 0.412. The van der Waals surface area contributed by atoms with E-state index in [0.29, 0.717) is 10.7 Å². The minimum Gasteiger partial charge on any atom is -0.349 e. The Morgan fingerprint density at radius 2 is 1.53 bits per heavy atom. The summed E-state index contributed by atoms with van der Waals surface area (Å²) in [6, 6.07) is 5.86. The SMILES string of the molecule is O=P(O)(O)C(C(=S)Nc1ccc(Cl)cc1)P(=O)(O)O. The molecule has 0 radical (unpaired) electrons. The molecule has 0 aliphatic carbocycles. The number of thiocarbonyl (C=S) groups is 1. The number of anilines is 1. The van der Waals surface area contributed by atoms with Gasteiger partial charge in [0.1, 0.15) is 4.99 Å². The number of benzene rings is 1. The van der Waals surface area contributed by atoms with Crippen LogP contribution in [-0.4, -0.2) is 30.0 Å². The van der Waals surface area contributed by atoms with Gasteiger partial charge in [-0.2, -0.15) is 0 Å². The zero-order valence-corrected chi connectivity index (χ0v) is 12.5. The summed E-state index contributed by atoms with van der Waals surface area (Å²) in [4.78, 5) is 35.3. The van der Waals surface area contributed by atoms with E-state index in [1.807, 2.05) is 0 Å². The van der Waals surface area contributed by atoms with E-state index in [1.165, 1.54) is 24.3 Å². The first kappa shape index (κ1) is 16.8. The van der Waals surface area contributed by atoms with Gasteiger partial charge in [-0.15, -0.1) is 0 Å². The lowest BCUT2D eigenvalue weighted by atomic mass is 10.3. The highest BCUT2D eigenvalue weighted by Gasteiger charge is 2.46. The molecule has 0 aromatic heterocycles. The minimum atomic E-state index is -5.09. The lowest BCUT2D eigenvalue weighted by molar-refractivity contribution is 0.350. The van der Waals surface area contributed by atoms with E-state index >= 15 is 0 Å². The second-order valence-electron chi connectivity index (χ2n) is 3.55. The van der Waals surface area contributed by atoms with E-state index in [2.05, 4.69) is 17.5 Å². The third-order valence-electron chi connectivity index (χ3n) is 1.98. The van der Waals surface area contributed by atoms with E-state index in [0.717, 1.165) is 0 Å². The molecule has 0 saturated heterocycles. The van der Waals surface area contributed by atoms with E-state index in [1.54, 1.807) is 0 Å². The van der Waals surface area contributed by atoms with Gasteiger partial charge >= 0.3 is 15.2 Å². The van der Waals surface area contributed by atoms with Crippen LogP contribution in [0.4, 0.5) is 5.69 Å². The van der Waals surface area contributed by atoms with Crippen LogP contribution < -0.4 is 5.32 Å². The lowest BCUT2D eigenvalue weighted by Crippen LogP contribution is -2.26. The molecule has 19 heavy (non-hydrogen) atoms. The maximum Gasteiger partial charge on any atom is 0.347 e. The van der Waals surface area contributed by atoms with Gasteiger partial charge in [0, 0.05) is 10.7 Å². The molecular weight excluding hydrogens is 336 g/mol. The number of halogens is 1. The summed E-state index contributed by atoms with van der Waals surface area (Å²) >= 11 is 10.3. The fourth-order valence-electron chi connectivity index (χ4n) is 1.24. The van der Waals surface area contributed by atoms with Crippen molar-refractivity contribution in [1.29, 1.82) is 0 Å². The van der Waals surface area contributed by atoms with E-state index in [9.17, 15) is 9.13 Å². The zero-order valence-electron chi connectivity index (χ0n) is 9.17. The molecule has 0 fully saturated rings. The van der Waals surface area contributed by atoms with Crippen molar-refractivity contribution >= 4 is 49.7 Å². The Morgan fingerprint density at radius 3 is 1.89 bits per heavy atom. The molecule has 106 valence electrons. The van der Waals surface area contributed by atoms with Crippen LogP contribution in [0.15, 0.2) is 24.3 Å². The van der Waals surface area contributed by atoms with Gasteiger partial charge in [-0.1, -0.05) is 23.8 Å². The average molecular weight is 346 g/mol. The monoisotopic (exact) mass is 345 g/mol. The lowest BCUT2D eigenvalue weighted by Gasteiger charge is -2.21. The largest absolute Gasteiger partial charge is 0.349 e. The highest BCUT2D eigenvalue weighted by Crippen LogP contribution is 2.60. The predicted molar refractivity (Wildman–Crippen MR) is 75.5 cm³/mol. The molecule has 7 nitrogen and oxygen atoms in total. The van der Waals surface area contributed by atoms with Crippen LogP contribution in [0.1, 0.15) is 0 Å². The molecule has 0 heterocycles. The molecule has 1 aromatic rings. The van der Waals surface area contributed by atoms with Crippen LogP contribution in [0, 0.1) is 0 Å². The maximum absolute atomic E-state index is 11.1. The fourth-order valence-corrected chi connectivity index (χ4v) is 4.62. The van der Waals surface area contributed by atoms with Crippen LogP contribution >= 0.6 is 39.0 Å². The van der Waals surface area contributed by atoms with Crippen LogP contribution in [-0.2, 0) is 9.13 Å². The Labute approximate surface area is 118 Å². The van der Waals surface area contributed by atoms with Crippen LogP contribution in [0.5, 0.6) is 0 Å². The Bertz CT molecular complexity index is 545. The smallest absolute Gasteiger partial charge is 0.347 e. The van der Waals surface area contributed by atoms with Crippen molar-refractivity contribution in [1.82, 2.24) is 0 Å². The van der Waals surface area contributed by atoms with Gasteiger partial charge in [0.05, 0.1) is 0 Å². The molecule has 0 unspecified atom stereocenters. The van der Waals surface area contributed by atoms with Gasteiger partial charge in [0.15, 0.2) is 0 Å². The summed E-state index contributed by atoms with van der Waals surface area (Å²) in [6.07, 6.45) is 0. The topological polar surface area (TPSA) is 127 Å². The maximum atomic E-state index is 11.1.